The lowest BCUT2D eigenvalue weighted by molar-refractivity contribution is -0.124. The highest BCUT2D eigenvalue weighted by Crippen LogP contribution is 2.25. The predicted molar refractivity (Wildman–Crippen MR) is 135 cm³/mol. The van der Waals surface area contributed by atoms with Gasteiger partial charge in [-0.1, -0.05) is 66.7 Å². The normalized spacial score (nSPS) is 15.3. The van der Waals surface area contributed by atoms with Crippen molar-refractivity contribution >= 4 is 23.6 Å². The van der Waals surface area contributed by atoms with Gasteiger partial charge in [-0.15, -0.1) is 11.8 Å². The van der Waals surface area contributed by atoms with Gasteiger partial charge in [-0.2, -0.15) is 5.10 Å². The topological polar surface area (TPSA) is 67.2 Å². The molecule has 5 rings (SSSR count). The van der Waals surface area contributed by atoms with E-state index in [2.05, 4.69) is 5.32 Å². The van der Waals surface area contributed by atoms with Crippen molar-refractivity contribution < 1.29 is 9.59 Å². The molecule has 170 valence electrons. The molecule has 0 spiro atoms. The lowest BCUT2D eigenvalue weighted by Crippen LogP contribution is -2.47. The average Bonchev–Trinajstić information content (AvgIpc) is 3.56. The first-order valence-corrected chi connectivity index (χ1v) is 12.3. The van der Waals surface area contributed by atoms with Gasteiger partial charge in [-0.25, -0.2) is 4.68 Å². The molecule has 0 bridgehead atoms. The van der Waals surface area contributed by atoms with E-state index >= 15 is 0 Å². The SMILES string of the molecule is O=C(NCc1cn(-c2ccccc2)nc1-c1ccccc1)C1CSCN1C(=O)c1ccccc1. The van der Waals surface area contributed by atoms with Crippen LogP contribution in [-0.2, 0) is 11.3 Å². The van der Waals surface area contributed by atoms with Crippen LogP contribution in [0.4, 0.5) is 0 Å². The number of amides is 2. The summed E-state index contributed by atoms with van der Waals surface area (Å²) in [6, 6.07) is 28.4. The van der Waals surface area contributed by atoms with E-state index < -0.39 is 6.04 Å². The van der Waals surface area contributed by atoms with Gasteiger partial charge in [0.25, 0.3) is 5.91 Å². The molecule has 2 amide bonds. The van der Waals surface area contributed by atoms with E-state index in [1.54, 1.807) is 28.8 Å². The maximum absolute atomic E-state index is 13.1. The molecule has 7 heteroatoms. The molecule has 1 unspecified atom stereocenters. The van der Waals surface area contributed by atoms with Crippen LogP contribution < -0.4 is 5.32 Å². The summed E-state index contributed by atoms with van der Waals surface area (Å²) in [5, 5.41) is 7.86. The van der Waals surface area contributed by atoms with Crippen molar-refractivity contribution in [2.75, 3.05) is 11.6 Å². The molecule has 1 aromatic heterocycles. The Bertz CT molecular complexity index is 1280. The smallest absolute Gasteiger partial charge is 0.255 e. The third kappa shape index (κ3) is 4.61. The van der Waals surface area contributed by atoms with E-state index in [4.69, 9.17) is 5.10 Å². The molecule has 0 aliphatic carbocycles. The summed E-state index contributed by atoms with van der Waals surface area (Å²) in [6.45, 7) is 0.324. The monoisotopic (exact) mass is 468 g/mol. The molecule has 1 atom stereocenters. The maximum Gasteiger partial charge on any atom is 0.255 e. The summed E-state index contributed by atoms with van der Waals surface area (Å²) in [6.07, 6.45) is 1.95. The summed E-state index contributed by atoms with van der Waals surface area (Å²) < 4.78 is 1.83. The molecule has 4 aromatic rings. The van der Waals surface area contributed by atoms with E-state index in [0.717, 1.165) is 22.5 Å². The quantitative estimate of drug-likeness (QED) is 0.456. The van der Waals surface area contributed by atoms with Gasteiger partial charge in [-0.3, -0.25) is 9.59 Å². The maximum atomic E-state index is 13.1. The minimum atomic E-state index is -0.498. The van der Waals surface area contributed by atoms with Crippen LogP contribution in [0, 0.1) is 0 Å². The zero-order valence-electron chi connectivity index (χ0n) is 18.5. The summed E-state index contributed by atoms with van der Waals surface area (Å²) in [5.41, 5.74) is 4.26. The minimum absolute atomic E-state index is 0.118. The highest BCUT2D eigenvalue weighted by atomic mass is 32.2. The van der Waals surface area contributed by atoms with E-state index in [1.807, 2.05) is 89.7 Å². The van der Waals surface area contributed by atoms with Crippen molar-refractivity contribution in [3.05, 3.63) is 108 Å². The van der Waals surface area contributed by atoms with Crippen LogP contribution in [0.3, 0.4) is 0 Å². The lowest BCUT2D eigenvalue weighted by atomic mass is 10.1. The minimum Gasteiger partial charge on any atom is -0.350 e. The van der Waals surface area contributed by atoms with Crippen LogP contribution in [0.25, 0.3) is 16.9 Å². The van der Waals surface area contributed by atoms with Crippen molar-refractivity contribution in [3.63, 3.8) is 0 Å². The third-order valence-electron chi connectivity index (χ3n) is 5.78. The van der Waals surface area contributed by atoms with Gasteiger partial charge in [0.2, 0.25) is 5.91 Å². The van der Waals surface area contributed by atoms with Crippen LogP contribution in [-0.4, -0.2) is 44.2 Å². The van der Waals surface area contributed by atoms with Crippen LogP contribution in [0.15, 0.2) is 97.2 Å². The number of thioether (sulfide) groups is 1. The summed E-state index contributed by atoms with van der Waals surface area (Å²) in [5.74, 6) is 0.820. The van der Waals surface area contributed by atoms with Gasteiger partial charge in [-0.05, 0) is 24.3 Å². The number of para-hydroxylation sites is 1. The number of hydrogen-bond acceptors (Lipinski definition) is 4. The Morgan fingerprint density at radius 2 is 1.56 bits per heavy atom. The van der Waals surface area contributed by atoms with Gasteiger partial charge >= 0.3 is 0 Å². The zero-order chi connectivity index (χ0) is 23.3. The molecular weight excluding hydrogens is 444 g/mol. The highest BCUT2D eigenvalue weighted by Gasteiger charge is 2.35. The molecule has 2 heterocycles. The number of benzene rings is 3. The van der Waals surface area contributed by atoms with Gasteiger partial charge in [0, 0.05) is 35.2 Å². The Morgan fingerprint density at radius 3 is 2.26 bits per heavy atom. The number of hydrogen-bond donors (Lipinski definition) is 1. The lowest BCUT2D eigenvalue weighted by Gasteiger charge is -2.23. The fourth-order valence-corrected chi connectivity index (χ4v) is 5.15. The summed E-state index contributed by atoms with van der Waals surface area (Å²) in [4.78, 5) is 27.8. The molecule has 1 N–H and O–H groups in total. The van der Waals surface area contributed by atoms with Crippen LogP contribution in [0.5, 0.6) is 0 Å². The second kappa shape index (κ2) is 9.97. The molecule has 6 nitrogen and oxygen atoms in total. The van der Waals surface area contributed by atoms with Gasteiger partial charge < -0.3 is 10.2 Å². The van der Waals surface area contributed by atoms with Crippen LogP contribution >= 0.6 is 11.8 Å². The van der Waals surface area contributed by atoms with E-state index in [0.29, 0.717) is 23.7 Å². The van der Waals surface area contributed by atoms with E-state index in [-0.39, 0.29) is 11.8 Å². The van der Waals surface area contributed by atoms with Crippen molar-refractivity contribution in [1.29, 1.82) is 0 Å². The summed E-state index contributed by atoms with van der Waals surface area (Å²) >= 11 is 1.59. The number of aromatic nitrogens is 2. The van der Waals surface area contributed by atoms with Crippen LogP contribution in [0.1, 0.15) is 15.9 Å². The zero-order valence-corrected chi connectivity index (χ0v) is 19.3. The molecule has 34 heavy (non-hydrogen) atoms. The molecule has 1 fully saturated rings. The molecular formula is C27H24N4O2S. The second-order valence-corrected chi connectivity index (χ2v) is 9.02. The summed E-state index contributed by atoms with van der Waals surface area (Å²) in [7, 11) is 0. The number of carbonyl (C=O) groups is 2. The Morgan fingerprint density at radius 1 is 0.912 bits per heavy atom. The van der Waals surface area contributed by atoms with Crippen molar-refractivity contribution in [1.82, 2.24) is 20.0 Å². The molecule has 1 saturated heterocycles. The first-order valence-electron chi connectivity index (χ1n) is 11.1. The highest BCUT2D eigenvalue weighted by molar-refractivity contribution is 7.99. The number of nitrogens with zero attached hydrogens (tertiary/aromatic N) is 3. The van der Waals surface area contributed by atoms with Crippen LogP contribution in [0.2, 0.25) is 0 Å². The Kier molecular flexibility index (Phi) is 6.44. The average molecular weight is 469 g/mol. The number of nitrogens with one attached hydrogen (secondary N) is 1. The molecule has 1 aliphatic rings. The van der Waals surface area contributed by atoms with Crippen molar-refractivity contribution in [3.8, 4) is 16.9 Å². The largest absolute Gasteiger partial charge is 0.350 e. The number of rotatable bonds is 6. The standard InChI is InChI=1S/C27H24N4O2S/c32-26(24-18-34-19-30(24)27(33)21-12-6-2-7-13-21)28-16-22-17-31(23-14-8-3-9-15-23)29-25(22)20-10-4-1-5-11-20/h1-15,17,24H,16,18-19H2,(H,28,32). The Labute approximate surface area is 202 Å². The van der Waals surface area contributed by atoms with Gasteiger partial charge in [0.1, 0.15) is 6.04 Å². The Balaban J connectivity index is 1.35. The molecule has 3 aromatic carbocycles. The van der Waals surface area contributed by atoms with E-state index in [9.17, 15) is 9.59 Å². The first kappa shape index (κ1) is 22.0. The van der Waals surface area contributed by atoms with Gasteiger partial charge in [0.15, 0.2) is 0 Å². The second-order valence-electron chi connectivity index (χ2n) is 8.02. The predicted octanol–water partition coefficient (Wildman–Crippen LogP) is 4.37. The van der Waals surface area contributed by atoms with E-state index in [1.165, 1.54) is 0 Å². The van der Waals surface area contributed by atoms with Gasteiger partial charge in [0.05, 0.1) is 17.3 Å². The molecule has 0 radical (unpaired) electrons. The van der Waals surface area contributed by atoms with Crippen molar-refractivity contribution in [2.24, 2.45) is 0 Å². The third-order valence-corrected chi connectivity index (χ3v) is 6.79. The fraction of sp³-hybridized carbons (Fsp3) is 0.148. The fourth-order valence-electron chi connectivity index (χ4n) is 4.00. The number of carbonyl (C=O) groups excluding carboxylic acids is 2. The molecule has 1 aliphatic heterocycles. The molecule has 0 saturated carbocycles. The van der Waals surface area contributed by atoms with Crippen molar-refractivity contribution in [2.45, 2.75) is 12.6 Å². The Hall–Kier alpha value is -3.84. The first-order chi connectivity index (χ1) is 16.7.